The van der Waals surface area contributed by atoms with Crippen molar-refractivity contribution in [2.45, 2.75) is 52.5 Å². The minimum Gasteiger partial charge on any atom is -0.357 e. The van der Waals surface area contributed by atoms with E-state index in [1.807, 2.05) is 12.3 Å². The molecule has 3 rings (SSSR count). The van der Waals surface area contributed by atoms with Gasteiger partial charge < -0.3 is 20.4 Å². The smallest absolute Gasteiger partial charge is 0.191 e. The Kier molecular flexibility index (Phi) is 9.95. The Morgan fingerprint density at radius 1 is 1.14 bits per heavy atom. The van der Waals surface area contributed by atoms with Gasteiger partial charge in [-0.3, -0.25) is 0 Å². The van der Waals surface area contributed by atoms with Gasteiger partial charge in [-0.25, -0.2) is 9.98 Å². The van der Waals surface area contributed by atoms with Gasteiger partial charge in [0.25, 0.3) is 0 Å². The first-order valence-corrected chi connectivity index (χ1v) is 11.1. The molecule has 0 radical (unpaired) electrons. The maximum atomic E-state index is 4.90. The fourth-order valence-corrected chi connectivity index (χ4v) is 4.41. The number of hydrogen-bond acceptors (Lipinski definition) is 4. The van der Waals surface area contributed by atoms with Crippen LogP contribution in [0.5, 0.6) is 0 Å². The maximum Gasteiger partial charge on any atom is 0.191 e. The Hall–Kier alpha value is -1.09. The molecule has 164 valence electrons. The summed E-state index contributed by atoms with van der Waals surface area (Å²) < 4.78 is 0. The number of pyridine rings is 1. The summed E-state index contributed by atoms with van der Waals surface area (Å²) in [7, 11) is 2.18. The van der Waals surface area contributed by atoms with Crippen molar-refractivity contribution >= 4 is 35.8 Å². The molecular weight excluding hydrogens is 475 g/mol. The zero-order valence-electron chi connectivity index (χ0n) is 18.4. The average molecular weight is 515 g/mol. The Morgan fingerprint density at radius 2 is 1.86 bits per heavy atom. The van der Waals surface area contributed by atoms with Gasteiger partial charge in [-0.15, -0.1) is 24.0 Å². The number of likely N-dealkylation sites (N-methyl/N-ethyl adjacent to an activating group) is 1. The highest BCUT2D eigenvalue weighted by Crippen LogP contribution is 2.40. The second-order valence-electron chi connectivity index (χ2n) is 8.39. The lowest BCUT2D eigenvalue weighted by molar-refractivity contribution is 0.283. The molecule has 1 aliphatic heterocycles. The highest BCUT2D eigenvalue weighted by molar-refractivity contribution is 14.0. The molecule has 1 saturated heterocycles. The van der Waals surface area contributed by atoms with E-state index >= 15 is 0 Å². The molecule has 0 aromatic carbocycles. The molecule has 2 fully saturated rings. The van der Waals surface area contributed by atoms with Crippen molar-refractivity contribution in [3.63, 3.8) is 0 Å². The van der Waals surface area contributed by atoms with Crippen molar-refractivity contribution in [1.29, 1.82) is 0 Å². The van der Waals surface area contributed by atoms with Gasteiger partial charge in [0.05, 0.1) is 6.54 Å². The van der Waals surface area contributed by atoms with Crippen LogP contribution < -0.4 is 15.5 Å². The SMILES string of the molecule is CCNC(=NCc1cccnc1N1CCN(C)CC1)NCC1(CC)CCCC1.I. The van der Waals surface area contributed by atoms with Gasteiger partial charge in [0, 0.05) is 51.0 Å². The van der Waals surface area contributed by atoms with Crippen LogP contribution in [0.2, 0.25) is 0 Å². The Bertz CT molecular complexity index is 636. The van der Waals surface area contributed by atoms with Gasteiger partial charge in [-0.2, -0.15) is 0 Å². The second-order valence-corrected chi connectivity index (χ2v) is 8.39. The second kappa shape index (κ2) is 11.9. The molecule has 0 amide bonds. The van der Waals surface area contributed by atoms with Gasteiger partial charge in [0.1, 0.15) is 5.82 Å². The Morgan fingerprint density at radius 3 is 2.52 bits per heavy atom. The minimum atomic E-state index is 0. The molecule has 29 heavy (non-hydrogen) atoms. The molecule has 0 bridgehead atoms. The lowest BCUT2D eigenvalue weighted by Crippen LogP contribution is -2.45. The van der Waals surface area contributed by atoms with E-state index in [9.17, 15) is 0 Å². The fourth-order valence-electron chi connectivity index (χ4n) is 4.41. The summed E-state index contributed by atoms with van der Waals surface area (Å²) in [5.41, 5.74) is 1.66. The van der Waals surface area contributed by atoms with Crippen LogP contribution in [-0.4, -0.2) is 62.2 Å². The molecule has 6 nitrogen and oxygen atoms in total. The molecule has 1 aromatic heterocycles. The van der Waals surface area contributed by atoms with Crippen LogP contribution in [-0.2, 0) is 6.54 Å². The number of rotatable bonds is 7. The zero-order chi connectivity index (χ0) is 19.8. The number of anilines is 1. The van der Waals surface area contributed by atoms with Crippen LogP contribution in [0.4, 0.5) is 5.82 Å². The zero-order valence-corrected chi connectivity index (χ0v) is 20.7. The monoisotopic (exact) mass is 514 g/mol. The molecule has 7 heteroatoms. The molecular formula is C22H39IN6. The number of halogens is 1. The van der Waals surface area contributed by atoms with Gasteiger partial charge in [0.15, 0.2) is 5.96 Å². The van der Waals surface area contributed by atoms with Crippen molar-refractivity contribution in [2.75, 3.05) is 51.2 Å². The molecule has 2 aliphatic rings. The van der Waals surface area contributed by atoms with E-state index in [0.29, 0.717) is 12.0 Å². The molecule has 0 spiro atoms. The summed E-state index contributed by atoms with van der Waals surface area (Å²) in [4.78, 5) is 14.4. The van der Waals surface area contributed by atoms with Gasteiger partial charge in [-0.05, 0) is 44.7 Å². The topological polar surface area (TPSA) is 55.8 Å². The summed E-state index contributed by atoms with van der Waals surface area (Å²) in [6, 6.07) is 4.19. The summed E-state index contributed by atoms with van der Waals surface area (Å²) in [6.45, 7) is 11.2. The number of nitrogens with one attached hydrogen (secondary N) is 2. The normalized spacial score (nSPS) is 19.7. The number of aliphatic imine (C=N–C) groups is 1. The fraction of sp³-hybridized carbons (Fsp3) is 0.727. The van der Waals surface area contributed by atoms with Crippen molar-refractivity contribution in [2.24, 2.45) is 10.4 Å². The van der Waals surface area contributed by atoms with Crippen LogP contribution in [0.1, 0.15) is 51.5 Å². The van der Waals surface area contributed by atoms with Crippen LogP contribution in [0.3, 0.4) is 0 Å². The lowest BCUT2D eigenvalue weighted by atomic mass is 9.83. The maximum absolute atomic E-state index is 4.90. The lowest BCUT2D eigenvalue weighted by Gasteiger charge is -2.34. The third kappa shape index (κ3) is 6.70. The summed E-state index contributed by atoms with van der Waals surface area (Å²) >= 11 is 0. The van der Waals surface area contributed by atoms with E-state index < -0.39 is 0 Å². The van der Waals surface area contributed by atoms with Crippen LogP contribution >= 0.6 is 24.0 Å². The van der Waals surface area contributed by atoms with Gasteiger partial charge in [0.2, 0.25) is 0 Å². The third-order valence-corrected chi connectivity index (χ3v) is 6.47. The van der Waals surface area contributed by atoms with Gasteiger partial charge in [-0.1, -0.05) is 25.8 Å². The quantitative estimate of drug-likeness (QED) is 0.332. The number of piperazine rings is 1. The van der Waals surface area contributed by atoms with E-state index in [1.54, 1.807) is 0 Å². The first kappa shape index (κ1) is 24.2. The Labute approximate surface area is 194 Å². The first-order chi connectivity index (χ1) is 13.7. The standard InChI is InChI=1S/C22H38N6.HI/c1-4-22(10-6-7-11-22)18-26-21(23-5-2)25-17-19-9-8-12-24-20(19)28-15-13-27(3)14-16-28;/h8-9,12H,4-7,10-11,13-18H2,1-3H3,(H2,23,25,26);1H. The van der Waals surface area contributed by atoms with E-state index in [-0.39, 0.29) is 24.0 Å². The molecule has 1 aliphatic carbocycles. The van der Waals surface area contributed by atoms with Crippen molar-refractivity contribution in [3.05, 3.63) is 23.9 Å². The van der Waals surface area contributed by atoms with Crippen molar-refractivity contribution in [3.8, 4) is 0 Å². The van der Waals surface area contributed by atoms with E-state index in [4.69, 9.17) is 4.99 Å². The van der Waals surface area contributed by atoms with Crippen LogP contribution in [0, 0.1) is 5.41 Å². The number of guanidine groups is 1. The van der Waals surface area contributed by atoms with Crippen molar-refractivity contribution in [1.82, 2.24) is 20.5 Å². The molecule has 0 unspecified atom stereocenters. The largest absolute Gasteiger partial charge is 0.357 e. The summed E-state index contributed by atoms with van der Waals surface area (Å²) in [5.74, 6) is 2.02. The van der Waals surface area contributed by atoms with Crippen LogP contribution in [0.15, 0.2) is 23.3 Å². The highest BCUT2D eigenvalue weighted by Gasteiger charge is 2.31. The predicted octanol–water partition coefficient (Wildman–Crippen LogP) is 3.48. The van der Waals surface area contributed by atoms with Crippen molar-refractivity contribution < 1.29 is 0 Å². The molecule has 2 N–H and O–H groups in total. The van der Waals surface area contributed by atoms with E-state index in [0.717, 1.165) is 51.0 Å². The predicted molar refractivity (Wildman–Crippen MR) is 133 cm³/mol. The third-order valence-electron chi connectivity index (χ3n) is 6.47. The number of hydrogen-bond donors (Lipinski definition) is 2. The average Bonchev–Trinajstić information content (AvgIpc) is 3.20. The number of nitrogens with zero attached hydrogens (tertiary/aromatic N) is 4. The first-order valence-electron chi connectivity index (χ1n) is 11.1. The van der Waals surface area contributed by atoms with Crippen LogP contribution in [0.25, 0.3) is 0 Å². The highest BCUT2D eigenvalue weighted by atomic mass is 127. The summed E-state index contributed by atoms with van der Waals surface area (Å²) in [6.07, 6.45) is 8.56. The molecule has 0 atom stereocenters. The summed E-state index contributed by atoms with van der Waals surface area (Å²) in [5, 5.41) is 7.05. The number of aromatic nitrogens is 1. The van der Waals surface area contributed by atoms with Gasteiger partial charge >= 0.3 is 0 Å². The Balaban J connectivity index is 0.00000300. The van der Waals surface area contributed by atoms with E-state index in [2.05, 4.69) is 52.4 Å². The molecule has 1 saturated carbocycles. The minimum absolute atomic E-state index is 0. The molecule has 1 aromatic rings. The molecule has 2 heterocycles. The van der Waals surface area contributed by atoms with E-state index in [1.165, 1.54) is 37.7 Å².